The Morgan fingerprint density at radius 3 is 2.57 bits per heavy atom. The zero-order valence-corrected chi connectivity index (χ0v) is 12.2. The van der Waals surface area contributed by atoms with Gasteiger partial charge in [-0.2, -0.15) is 0 Å². The van der Waals surface area contributed by atoms with Crippen molar-refractivity contribution in [2.75, 3.05) is 19.0 Å². The van der Waals surface area contributed by atoms with E-state index >= 15 is 0 Å². The Morgan fingerprint density at radius 2 is 1.86 bits per heavy atom. The van der Waals surface area contributed by atoms with Gasteiger partial charge < -0.3 is 10.1 Å². The molecule has 0 bridgehead atoms. The second-order valence-electron chi connectivity index (χ2n) is 4.94. The summed E-state index contributed by atoms with van der Waals surface area (Å²) >= 11 is 0. The summed E-state index contributed by atoms with van der Waals surface area (Å²) in [5.74, 6) is -1.65. The van der Waals surface area contributed by atoms with Gasteiger partial charge in [0.15, 0.2) is 11.6 Å². The van der Waals surface area contributed by atoms with Crippen molar-refractivity contribution < 1.29 is 13.5 Å². The maximum Gasteiger partial charge on any atom is 0.159 e. The normalized spacial score (nSPS) is 12.2. The van der Waals surface area contributed by atoms with Gasteiger partial charge in [0.25, 0.3) is 0 Å². The minimum Gasteiger partial charge on any atom is -0.384 e. The van der Waals surface area contributed by atoms with Gasteiger partial charge in [0.1, 0.15) is 0 Å². The lowest BCUT2D eigenvalue weighted by Crippen LogP contribution is -2.10. The molecule has 0 saturated carbocycles. The van der Waals surface area contributed by atoms with Crippen molar-refractivity contribution in [2.45, 2.75) is 19.4 Å². The van der Waals surface area contributed by atoms with Crippen LogP contribution in [0.15, 0.2) is 42.5 Å². The topological polar surface area (TPSA) is 21.3 Å². The number of methoxy groups -OCH3 is 1. The maximum absolute atomic E-state index is 13.3. The molecule has 2 rings (SSSR count). The lowest BCUT2D eigenvalue weighted by molar-refractivity contribution is 0.202. The highest BCUT2D eigenvalue weighted by atomic mass is 19.2. The van der Waals surface area contributed by atoms with Crippen molar-refractivity contribution in [3.8, 4) is 0 Å². The SMILES string of the molecule is COCCc1ccccc1NC(C)c1ccc(F)c(F)c1. The summed E-state index contributed by atoms with van der Waals surface area (Å²) in [5.41, 5.74) is 2.82. The summed E-state index contributed by atoms with van der Waals surface area (Å²) in [6.45, 7) is 2.55. The number of nitrogens with one attached hydrogen (secondary N) is 1. The van der Waals surface area contributed by atoms with Crippen LogP contribution in [0.5, 0.6) is 0 Å². The lowest BCUT2D eigenvalue weighted by Gasteiger charge is -2.18. The summed E-state index contributed by atoms with van der Waals surface area (Å²) in [5, 5.41) is 3.34. The monoisotopic (exact) mass is 291 g/mol. The summed E-state index contributed by atoms with van der Waals surface area (Å²) in [6.07, 6.45) is 0.796. The summed E-state index contributed by atoms with van der Waals surface area (Å²) in [7, 11) is 1.67. The van der Waals surface area contributed by atoms with Gasteiger partial charge in [-0.3, -0.25) is 0 Å². The first-order valence-corrected chi connectivity index (χ1v) is 6.90. The number of halogens is 2. The van der Waals surface area contributed by atoms with Crippen LogP contribution in [-0.4, -0.2) is 13.7 Å². The van der Waals surface area contributed by atoms with Crippen LogP contribution < -0.4 is 5.32 Å². The van der Waals surface area contributed by atoms with Crippen LogP contribution in [0.25, 0.3) is 0 Å². The number of hydrogen-bond acceptors (Lipinski definition) is 2. The Labute approximate surface area is 123 Å². The van der Waals surface area contributed by atoms with E-state index in [1.54, 1.807) is 13.2 Å². The molecule has 112 valence electrons. The van der Waals surface area contributed by atoms with Crippen LogP contribution in [0.1, 0.15) is 24.1 Å². The van der Waals surface area contributed by atoms with Crippen LogP contribution in [0.2, 0.25) is 0 Å². The smallest absolute Gasteiger partial charge is 0.159 e. The van der Waals surface area contributed by atoms with E-state index in [9.17, 15) is 8.78 Å². The molecule has 0 amide bonds. The standard InChI is InChI=1S/C17H19F2NO/c1-12(14-7-8-15(18)16(19)11-14)20-17-6-4-3-5-13(17)9-10-21-2/h3-8,11-12,20H,9-10H2,1-2H3. The molecule has 0 aromatic heterocycles. The molecule has 2 aromatic rings. The van der Waals surface area contributed by atoms with E-state index in [2.05, 4.69) is 5.32 Å². The average Bonchev–Trinajstić information content (AvgIpc) is 2.49. The molecule has 0 fully saturated rings. The number of anilines is 1. The molecule has 0 spiro atoms. The predicted molar refractivity (Wildman–Crippen MR) is 80.4 cm³/mol. The third-order valence-electron chi connectivity index (χ3n) is 3.41. The molecule has 1 N–H and O–H groups in total. The molecule has 21 heavy (non-hydrogen) atoms. The van der Waals surface area contributed by atoms with E-state index in [-0.39, 0.29) is 6.04 Å². The minimum absolute atomic E-state index is 0.121. The van der Waals surface area contributed by atoms with Gasteiger partial charge in [-0.1, -0.05) is 24.3 Å². The Bertz CT molecular complexity index is 601. The number of ether oxygens (including phenoxy) is 1. The fourth-order valence-corrected chi connectivity index (χ4v) is 2.19. The van der Waals surface area contributed by atoms with Gasteiger partial charge in [0.2, 0.25) is 0 Å². The second kappa shape index (κ2) is 7.18. The molecular weight excluding hydrogens is 272 g/mol. The predicted octanol–water partition coefficient (Wildman–Crippen LogP) is 4.33. The Morgan fingerprint density at radius 1 is 1.10 bits per heavy atom. The highest BCUT2D eigenvalue weighted by molar-refractivity contribution is 5.52. The maximum atomic E-state index is 13.3. The Kier molecular flexibility index (Phi) is 5.28. The van der Waals surface area contributed by atoms with Crippen LogP contribution in [0.4, 0.5) is 14.5 Å². The van der Waals surface area contributed by atoms with Gasteiger partial charge in [0, 0.05) is 18.8 Å². The van der Waals surface area contributed by atoms with Crippen molar-refractivity contribution in [2.24, 2.45) is 0 Å². The fraction of sp³-hybridized carbons (Fsp3) is 0.294. The third-order valence-corrected chi connectivity index (χ3v) is 3.41. The van der Waals surface area contributed by atoms with Gasteiger partial charge >= 0.3 is 0 Å². The molecule has 2 nitrogen and oxygen atoms in total. The van der Waals surface area contributed by atoms with E-state index in [0.29, 0.717) is 12.2 Å². The molecule has 0 aliphatic carbocycles. The highest BCUT2D eigenvalue weighted by Gasteiger charge is 2.11. The van der Waals surface area contributed by atoms with Crippen LogP contribution in [0.3, 0.4) is 0 Å². The van der Waals surface area contributed by atoms with Crippen LogP contribution in [0, 0.1) is 11.6 Å². The summed E-state index contributed by atoms with van der Waals surface area (Å²) in [6, 6.07) is 11.8. The zero-order valence-electron chi connectivity index (χ0n) is 12.2. The molecule has 1 unspecified atom stereocenters. The van der Waals surface area contributed by atoms with Crippen molar-refractivity contribution in [3.05, 3.63) is 65.2 Å². The average molecular weight is 291 g/mol. The second-order valence-corrected chi connectivity index (χ2v) is 4.94. The van der Waals surface area contributed by atoms with E-state index in [1.807, 2.05) is 31.2 Å². The quantitative estimate of drug-likeness (QED) is 0.855. The molecule has 0 radical (unpaired) electrons. The van der Waals surface area contributed by atoms with E-state index in [1.165, 1.54) is 6.07 Å². The van der Waals surface area contributed by atoms with Gasteiger partial charge in [-0.15, -0.1) is 0 Å². The Balaban J connectivity index is 2.15. The number of rotatable bonds is 6. The van der Waals surface area contributed by atoms with Crippen LogP contribution >= 0.6 is 0 Å². The lowest BCUT2D eigenvalue weighted by atomic mass is 10.1. The first-order chi connectivity index (χ1) is 10.1. The first kappa shape index (κ1) is 15.4. The minimum atomic E-state index is -0.827. The molecular formula is C17H19F2NO. The fourth-order valence-electron chi connectivity index (χ4n) is 2.19. The van der Waals surface area contributed by atoms with Crippen LogP contribution in [-0.2, 0) is 11.2 Å². The van der Waals surface area contributed by atoms with Crippen molar-refractivity contribution in [1.82, 2.24) is 0 Å². The number of benzene rings is 2. The number of para-hydroxylation sites is 1. The molecule has 1 atom stereocenters. The number of hydrogen-bond donors (Lipinski definition) is 1. The first-order valence-electron chi connectivity index (χ1n) is 6.90. The van der Waals surface area contributed by atoms with Crippen molar-refractivity contribution in [3.63, 3.8) is 0 Å². The molecule has 0 saturated heterocycles. The molecule has 0 aliphatic heterocycles. The zero-order chi connectivity index (χ0) is 15.2. The van der Waals surface area contributed by atoms with Gasteiger partial charge in [-0.05, 0) is 42.7 Å². The van der Waals surface area contributed by atoms with E-state index in [0.717, 1.165) is 23.7 Å². The van der Waals surface area contributed by atoms with Gasteiger partial charge in [0.05, 0.1) is 6.61 Å². The third kappa shape index (κ3) is 4.02. The van der Waals surface area contributed by atoms with Crippen molar-refractivity contribution >= 4 is 5.69 Å². The molecule has 4 heteroatoms. The van der Waals surface area contributed by atoms with E-state index in [4.69, 9.17) is 4.74 Å². The molecule has 2 aromatic carbocycles. The molecule has 0 aliphatic rings. The van der Waals surface area contributed by atoms with Gasteiger partial charge in [-0.25, -0.2) is 8.78 Å². The van der Waals surface area contributed by atoms with Crippen molar-refractivity contribution in [1.29, 1.82) is 0 Å². The highest BCUT2D eigenvalue weighted by Crippen LogP contribution is 2.24. The largest absolute Gasteiger partial charge is 0.384 e. The summed E-state index contributed by atoms with van der Waals surface area (Å²) < 4.78 is 31.4. The van der Waals surface area contributed by atoms with E-state index < -0.39 is 11.6 Å². The summed E-state index contributed by atoms with van der Waals surface area (Å²) in [4.78, 5) is 0. The Hall–Kier alpha value is -1.94. The molecule has 0 heterocycles.